The van der Waals surface area contributed by atoms with E-state index < -0.39 is 18.0 Å². The van der Waals surface area contributed by atoms with Crippen LogP contribution in [-0.2, 0) is 47.4 Å². The first kappa shape index (κ1) is 36.4. The van der Waals surface area contributed by atoms with E-state index in [0.29, 0.717) is 25.7 Å². The standard InChI is InChI=1S/C40H59NO11/c1-19-11-24-5-7-28-20(2)12-26(45-28)9-10-40-17-33-36(51-40)37-38(50-33)39(52-40)35-29(49-37)8-6-25(47-35)13-22(42)14-27-31(16-30(46-24)21(19)3)48-32(34(27)44-4)15-23(43)18-41/h19,23-39,43H,2-3,5-18,41H2,1,4H3/t19-,23+,24?,25-,26+,27+,28+,29+,30-,31+,32-,33?,34-,35+,36+,37+,38-,39+,40+/m1/s1. The van der Waals surface area contributed by atoms with Gasteiger partial charge in [-0.1, -0.05) is 20.1 Å². The zero-order valence-electron chi connectivity index (χ0n) is 30.8. The number of nitrogens with two attached hydrogens (primary N) is 1. The molecule has 12 bridgehead atoms. The van der Waals surface area contributed by atoms with E-state index in [0.717, 1.165) is 56.1 Å². The topological polar surface area (TPSA) is 146 Å². The Morgan fingerprint density at radius 1 is 0.808 bits per heavy atom. The Labute approximate surface area is 307 Å². The van der Waals surface area contributed by atoms with Crippen LogP contribution in [0.3, 0.4) is 0 Å². The molecular weight excluding hydrogens is 670 g/mol. The Balaban J connectivity index is 0.994. The molecule has 0 saturated carbocycles. The van der Waals surface area contributed by atoms with Gasteiger partial charge >= 0.3 is 0 Å². The molecule has 0 amide bonds. The number of rotatable bonds is 4. The van der Waals surface area contributed by atoms with Gasteiger partial charge in [-0.3, -0.25) is 4.79 Å². The van der Waals surface area contributed by atoms with Crippen LogP contribution in [0.1, 0.15) is 90.4 Å². The van der Waals surface area contributed by atoms with Gasteiger partial charge in [-0.25, -0.2) is 0 Å². The molecule has 1 spiro atoms. The minimum Gasteiger partial charge on any atom is -0.392 e. The minimum absolute atomic E-state index is 0.0158. The molecule has 19 atom stereocenters. The maximum Gasteiger partial charge on any atom is 0.172 e. The summed E-state index contributed by atoms with van der Waals surface area (Å²) in [7, 11) is 1.66. The highest BCUT2D eigenvalue weighted by molar-refractivity contribution is 5.79. The Bertz CT molecular complexity index is 1380. The van der Waals surface area contributed by atoms with E-state index in [9.17, 15) is 9.90 Å². The number of carbonyl (C=O) groups is 1. The first-order valence-electron chi connectivity index (χ1n) is 20.2. The van der Waals surface area contributed by atoms with Crippen LogP contribution in [0.5, 0.6) is 0 Å². The van der Waals surface area contributed by atoms with Gasteiger partial charge in [0, 0.05) is 58.1 Å². The van der Waals surface area contributed by atoms with Crippen molar-refractivity contribution < 1.29 is 52.5 Å². The number of fused-ring (bicyclic) bond motifs is 6. The van der Waals surface area contributed by atoms with Crippen molar-refractivity contribution in [1.82, 2.24) is 0 Å². The van der Waals surface area contributed by atoms with Gasteiger partial charge in [0.2, 0.25) is 0 Å². The summed E-state index contributed by atoms with van der Waals surface area (Å²) in [4.78, 5) is 14.1. The molecule has 12 heteroatoms. The number of ether oxygens (including phenoxy) is 9. The lowest BCUT2D eigenvalue weighted by Crippen LogP contribution is -2.61. The van der Waals surface area contributed by atoms with Crippen LogP contribution in [0.4, 0.5) is 0 Å². The van der Waals surface area contributed by atoms with Crippen LogP contribution >= 0.6 is 0 Å². The van der Waals surface area contributed by atoms with Gasteiger partial charge in [-0.2, -0.15) is 0 Å². The van der Waals surface area contributed by atoms with Crippen molar-refractivity contribution in [2.45, 2.75) is 194 Å². The lowest BCUT2D eigenvalue weighted by molar-refractivity contribution is -0.292. The van der Waals surface area contributed by atoms with E-state index in [1.807, 2.05) is 0 Å². The quantitative estimate of drug-likeness (QED) is 0.409. The number of aliphatic hydroxyl groups excluding tert-OH is 1. The molecule has 0 radical (unpaired) electrons. The zero-order valence-corrected chi connectivity index (χ0v) is 30.8. The molecule has 0 aromatic heterocycles. The fraction of sp³-hybridized carbons (Fsp3) is 0.875. The van der Waals surface area contributed by atoms with Gasteiger partial charge in [0.1, 0.15) is 36.3 Å². The number of carbonyl (C=O) groups excluding carboxylic acids is 1. The SMILES string of the molecule is C=C1C[C@@H]2CC[C@@]34CC5O[C@H]6[C@@H](O3)[C@H]3O[C@H](CC[C@@H]3O[C@H]6[C@H]5O4)CC(=O)C[C@@H]3[C@@H](OC)[C@@H](C[C@H](O)CN)O[C@H]3C[C@H]3OC(CC[C@@H]1O2)C[C@@H](C)C3=C. The van der Waals surface area contributed by atoms with Crippen LogP contribution in [0.15, 0.2) is 24.3 Å². The Kier molecular flexibility index (Phi) is 10.0. The molecule has 10 aliphatic rings. The smallest absolute Gasteiger partial charge is 0.172 e. The average molecular weight is 730 g/mol. The van der Waals surface area contributed by atoms with Gasteiger partial charge in [0.15, 0.2) is 5.79 Å². The van der Waals surface area contributed by atoms with E-state index in [1.165, 1.54) is 0 Å². The first-order valence-corrected chi connectivity index (χ1v) is 20.2. The second-order valence-electron chi connectivity index (χ2n) is 17.4. The molecule has 10 rings (SSSR count). The van der Waals surface area contributed by atoms with Gasteiger partial charge in [-0.05, 0) is 62.0 Å². The van der Waals surface area contributed by atoms with E-state index >= 15 is 0 Å². The van der Waals surface area contributed by atoms with Crippen molar-refractivity contribution in [2.24, 2.45) is 17.6 Å². The predicted molar refractivity (Wildman–Crippen MR) is 186 cm³/mol. The van der Waals surface area contributed by atoms with Crippen LogP contribution in [-0.4, -0.2) is 128 Å². The second kappa shape index (κ2) is 14.3. The number of methoxy groups -OCH3 is 1. The van der Waals surface area contributed by atoms with Crippen LogP contribution in [0, 0.1) is 11.8 Å². The van der Waals surface area contributed by atoms with E-state index in [4.69, 9.17) is 48.4 Å². The summed E-state index contributed by atoms with van der Waals surface area (Å²) in [6.45, 7) is 11.3. The number of ketones is 1. The molecule has 3 N–H and O–H groups in total. The van der Waals surface area contributed by atoms with Crippen molar-refractivity contribution >= 4 is 5.78 Å². The van der Waals surface area contributed by atoms with E-state index in [1.54, 1.807) is 7.11 Å². The fourth-order valence-electron chi connectivity index (χ4n) is 11.3. The molecule has 10 saturated heterocycles. The molecule has 0 aliphatic carbocycles. The van der Waals surface area contributed by atoms with Crippen molar-refractivity contribution in [3.63, 3.8) is 0 Å². The highest BCUT2D eigenvalue weighted by Gasteiger charge is 2.68. The third kappa shape index (κ3) is 6.59. The molecule has 10 aliphatic heterocycles. The van der Waals surface area contributed by atoms with Crippen molar-refractivity contribution in [3.8, 4) is 0 Å². The Hall–Kier alpha value is -1.29. The lowest BCUT2D eigenvalue weighted by Gasteiger charge is -2.47. The maximum absolute atomic E-state index is 14.1. The molecule has 290 valence electrons. The van der Waals surface area contributed by atoms with Crippen molar-refractivity contribution in [3.05, 3.63) is 24.3 Å². The van der Waals surface area contributed by atoms with Crippen molar-refractivity contribution in [2.75, 3.05) is 13.7 Å². The fourth-order valence-corrected chi connectivity index (χ4v) is 11.3. The summed E-state index contributed by atoms with van der Waals surface area (Å²) in [5.74, 6) is -0.619. The summed E-state index contributed by atoms with van der Waals surface area (Å²) in [5, 5.41) is 10.5. The van der Waals surface area contributed by atoms with Gasteiger partial charge < -0.3 is 53.5 Å². The summed E-state index contributed by atoms with van der Waals surface area (Å²) in [6, 6.07) is 0. The lowest BCUT2D eigenvalue weighted by atomic mass is 9.81. The second-order valence-corrected chi connectivity index (χ2v) is 17.4. The summed E-state index contributed by atoms with van der Waals surface area (Å²) >= 11 is 0. The molecule has 2 unspecified atom stereocenters. The van der Waals surface area contributed by atoms with Crippen LogP contribution in [0.2, 0.25) is 0 Å². The van der Waals surface area contributed by atoms with Crippen LogP contribution < -0.4 is 5.73 Å². The third-order valence-electron chi connectivity index (χ3n) is 14.0. The predicted octanol–water partition coefficient (Wildman–Crippen LogP) is 3.44. The molecule has 0 aromatic rings. The largest absolute Gasteiger partial charge is 0.392 e. The Morgan fingerprint density at radius 3 is 2.38 bits per heavy atom. The summed E-state index contributed by atoms with van der Waals surface area (Å²) in [5.41, 5.74) is 8.01. The number of hydrogen-bond donors (Lipinski definition) is 2. The molecule has 10 heterocycles. The number of Topliss-reactive ketones (excluding diaryl/α,β-unsaturated/α-hetero) is 1. The molecule has 0 aromatic carbocycles. The monoisotopic (exact) mass is 729 g/mol. The zero-order chi connectivity index (χ0) is 35.9. The number of hydrogen-bond acceptors (Lipinski definition) is 12. The molecule has 10 fully saturated rings. The highest BCUT2D eigenvalue weighted by atomic mass is 16.8. The first-order chi connectivity index (χ1) is 25.1. The minimum atomic E-state index is -0.780. The van der Waals surface area contributed by atoms with E-state index in [-0.39, 0.29) is 122 Å². The number of aliphatic hydroxyl groups is 1. The Morgan fingerprint density at radius 2 is 1.56 bits per heavy atom. The third-order valence-corrected chi connectivity index (χ3v) is 14.0. The highest BCUT2D eigenvalue weighted by Crippen LogP contribution is 2.54. The normalized spacial score (nSPS) is 52.4. The van der Waals surface area contributed by atoms with Gasteiger partial charge in [0.25, 0.3) is 0 Å². The van der Waals surface area contributed by atoms with Gasteiger partial charge in [0.05, 0.1) is 67.1 Å². The average Bonchev–Trinajstić information content (AvgIpc) is 3.79. The summed E-state index contributed by atoms with van der Waals surface area (Å²) in [6.07, 6.45) is 4.85. The molecular formula is C40H59NO11. The molecule has 12 nitrogen and oxygen atoms in total. The van der Waals surface area contributed by atoms with Gasteiger partial charge in [-0.15, -0.1) is 0 Å². The van der Waals surface area contributed by atoms with E-state index in [2.05, 4.69) is 20.1 Å². The van der Waals surface area contributed by atoms with Crippen LogP contribution in [0.25, 0.3) is 0 Å². The maximum atomic E-state index is 14.1. The molecule has 52 heavy (non-hydrogen) atoms. The summed E-state index contributed by atoms with van der Waals surface area (Å²) < 4.78 is 60.0. The van der Waals surface area contributed by atoms with Crippen molar-refractivity contribution in [1.29, 1.82) is 0 Å².